The number of hydrogen-bond acceptors (Lipinski definition) is 2. The summed E-state index contributed by atoms with van der Waals surface area (Å²) >= 11 is 0. The molecule has 0 spiro atoms. The van der Waals surface area contributed by atoms with Crippen molar-refractivity contribution in [3.05, 3.63) is 79.2 Å². The molecule has 0 aliphatic carbocycles. The maximum Gasteiger partial charge on any atom is 0.0394 e. The normalized spacial score (nSPS) is 10.5. The van der Waals surface area contributed by atoms with Crippen molar-refractivity contribution in [2.75, 3.05) is 11.5 Å². The third-order valence-corrected chi connectivity index (χ3v) is 3.63. The minimum atomic E-state index is 0.740. The molecule has 0 aliphatic rings. The molecule has 4 N–H and O–H groups in total. The molecule has 0 unspecified atom stereocenters. The van der Waals surface area contributed by atoms with Crippen LogP contribution >= 0.6 is 0 Å². The van der Waals surface area contributed by atoms with Gasteiger partial charge >= 0.3 is 0 Å². The smallest absolute Gasteiger partial charge is 0.0394 e. The van der Waals surface area contributed by atoms with Crippen molar-refractivity contribution in [2.24, 2.45) is 0 Å². The van der Waals surface area contributed by atoms with Crippen LogP contribution in [0.4, 0.5) is 11.4 Å². The SMILES string of the molecule is [CH2]c1cccc(-c2ccccc2N)c1-c1ccccc1N. The quantitative estimate of drug-likeness (QED) is 0.681. The summed E-state index contributed by atoms with van der Waals surface area (Å²) in [6, 6.07) is 21.7. The molecule has 0 atom stereocenters. The van der Waals surface area contributed by atoms with Crippen LogP contribution in [-0.2, 0) is 0 Å². The van der Waals surface area contributed by atoms with Gasteiger partial charge in [-0.25, -0.2) is 0 Å². The Hall–Kier alpha value is -2.74. The molecule has 0 saturated carbocycles. The maximum atomic E-state index is 6.15. The Morgan fingerprint density at radius 3 is 1.71 bits per heavy atom. The topological polar surface area (TPSA) is 52.0 Å². The lowest BCUT2D eigenvalue weighted by atomic mass is 9.89. The molecule has 0 aliphatic heterocycles. The second kappa shape index (κ2) is 5.33. The largest absolute Gasteiger partial charge is 0.398 e. The Morgan fingerprint density at radius 2 is 1.10 bits per heavy atom. The molecular formula is C19H17N2. The molecule has 3 aromatic carbocycles. The lowest BCUT2D eigenvalue weighted by Crippen LogP contribution is -1.96. The molecule has 0 heterocycles. The van der Waals surface area contributed by atoms with Crippen molar-refractivity contribution in [1.29, 1.82) is 0 Å². The molecule has 0 saturated heterocycles. The van der Waals surface area contributed by atoms with Gasteiger partial charge in [0.25, 0.3) is 0 Å². The molecule has 2 heteroatoms. The highest BCUT2D eigenvalue weighted by atomic mass is 14.6. The van der Waals surface area contributed by atoms with Crippen LogP contribution in [-0.4, -0.2) is 0 Å². The fourth-order valence-corrected chi connectivity index (χ4v) is 2.61. The third-order valence-electron chi connectivity index (χ3n) is 3.63. The predicted molar refractivity (Wildman–Crippen MR) is 90.6 cm³/mol. The Balaban J connectivity index is 2.32. The first-order chi connectivity index (χ1) is 10.2. The van der Waals surface area contributed by atoms with E-state index in [2.05, 4.69) is 13.0 Å². The van der Waals surface area contributed by atoms with Gasteiger partial charge in [0, 0.05) is 22.5 Å². The highest BCUT2D eigenvalue weighted by Gasteiger charge is 2.13. The second-order valence-electron chi connectivity index (χ2n) is 5.01. The first-order valence-electron chi connectivity index (χ1n) is 6.83. The molecule has 1 radical (unpaired) electrons. The Morgan fingerprint density at radius 1 is 0.571 bits per heavy atom. The van der Waals surface area contributed by atoms with Gasteiger partial charge in [-0.2, -0.15) is 0 Å². The van der Waals surface area contributed by atoms with Crippen molar-refractivity contribution in [3.8, 4) is 22.3 Å². The summed E-state index contributed by atoms with van der Waals surface area (Å²) in [4.78, 5) is 0. The van der Waals surface area contributed by atoms with E-state index in [1.54, 1.807) is 0 Å². The van der Waals surface area contributed by atoms with Crippen molar-refractivity contribution >= 4 is 11.4 Å². The standard InChI is InChI=1S/C19H17N2/c1-13-7-6-10-15(14-8-2-4-11-17(14)20)19(13)16-9-3-5-12-18(16)21/h2-12H,1,20-21H2. The van der Waals surface area contributed by atoms with Crippen LogP contribution in [0, 0.1) is 6.92 Å². The van der Waals surface area contributed by atoms with E-state index >= 15 is 0 Å². The number of rotatable bonds is 2. The summed E-state index contributed by atoms with van der Waals surface area (Å²) in [6.45, 7) is 4.16. The van der Waals surface area contributed by atoms with Crippen molar-refractivity contribution in [3.63, 3.8) is 0 Å². The monoisotopic (exact) mass is 273 g/mol. The Bertz CT molecular complexity index is 791. The number of nitrogen functional groups attached to an aromatic ring is 2. The lowest BCUT2D eigenvalue weighted by molar-refractivity contribution is 1.53. The fraction of sp³-hybridized carbons (Fsp3) is 0. The number of hydrogen-bond donors (Lipinski definition) is 2. The zero-order valence-electron chi connectivity index (χ0n) is 11.7. The summed E-state index contributed by atoms with van der Waals surface area (Å²) in [5.41, 5.74) is 18.8. The van der Waals surface area contributed by atoms with Gasteiger partial charge in [-0.15, -0.1) is 0 Å². The van der Waals surface area contributed by atoms with Crippen LogP contribution in [0.5, 0.6) is 0 Å². The molecule has 0 bridgehead atoms. The molecule has 103 valence electrons. The molecule has 2 nitrogen and oxygen atoms in total. The summed E-state index contributed by atoms with van der Waals surface area (Å²) in [6.07, 6.45) is 0. The highest BCUT2D eigenvalue weighted by Crippen LogP contribution is 2.39. The van der Waals surface area contributed by atoms with Crippen molar-refractivity contribution < 1.29 is 0 Å². The number of nitrogens with two attached hydrogens (primary N) is 2. The van der Waals surface area contributed by atoms with Crippen LogP contribution < -0.4 is 11.5 Å². The predicted octanol–water partition coefficient (Wildman–Crippen LogP) is 4.37. The molecular weight excluding hydrogens is 256 g/mol. The zero-order valence-corrected chi connectivity index (χ0v) is 11.7. The molecule has 21 heavy (non-hydrogen) atoms. The van der Waals surface area contributed by atoms with Gasteiger partial charge in [-0.05, 0) is 35.7 Å². The minimum Gasteiger partial charge on any atom is -0.398 e. The number of benzene rings is 3. The summed E-state index contributed by atoms with van der Waals surface area (Å²) in [7, 11) is 0. The molecule has 0 aromatic heterocycles. The Kier molecular flexibility index (Phi) is 3.36. The van der Waals surface area contributed by atoms with Crippen molar-refractivity contribution in [2.45, 2.75) is 0 Å². The first-order valence-corrected chi connectivity index (χ1v) is 6.83. The van der Waals surface area contributed by atoms with E-state index in [4.69, 9.17) is 11.5 Å². The van der Waals surface area contributed by atoms with E-state index < -0.39 is 0 Å². The molecule has 3 aromatic rings. The van der Waals surface area contributed by atoms with E-state index in [1.165, 1.54) is 0 Å². The van der Waals surface area contributed by atoms with Crippen LogP contribution in [0.1, 0.15) is 5.56 Å². The van der Waals surface area contributed by atoms with E-state index in [-0.39, 0.29) is 0 Å². The minimum absolute atomic E-state index is 0.740. The summed E-state index contributed by atoms with van der Waals surface area (Å²) in [5, 5.41) is 0. The van der Waals surface area contributed by atoms with Gasteiger partial charge in [0.05, 0.1) is 0 Å². The van der Waals surface area contributed by atoms with Gasteiger partial charge < -0.3 is 11.5 Å². The van der Waals surface area contributed by atoms with E-state index in [9.17, 15) is 0 Å². The number of anilines is 2. The third kappa shape index (κ3) is 2.36. The van der Waals surface area contributed by atoms with Gasteiger partial charge in [-0.1, -0.05) is 54.6 Å². The van der Waals surface area contributed by atoms with Crippen LogP contribution in [0.25, 0.3) is 22.3 Å². The van der Waals surface area contributed by atoms with Gasteiger partial charge in [0.1, 0.15) is 0 Å². The molecule has 0 fully saturated rings. The fourth-order valence-electron chi connectivity index (χ4n) is 2.61. The van der Waals surface area contributed by atoms with E-state index in [1.807, 2.05) is 60.7 Å². The van der Waals surface area contributed by atoms with Gasteiger partial charge in [0.2, 0.25) is 0 Å². The van der Waals surface area contributed by atoms with Crippen molar-refractivity contribution in [1.82, 2.24) is 0 Å². The summed E-state index contributed by atoms with van der Waals surface area (Å²) in [5.74, 6) is 0. The van der Waals surface area contributed by atoms with E-state index in [0.717, 1.165) is 39.2 Å². The van der Waals surface area contributed by atoms with Gasteiger partial charge in [-0.3, -0.25) is 0 Å². The van der Waals surface area contributed by atoms with Crippen LogP contribution in [0.2, 0.25) is 0 Å². The van der Waals surface area contributed by atoms with Crippen LogP contribution in [0.15, 0.2) is 66.7 Å². The first kappa shape index (κ1) is 13.3. The Labute approximate surface area is 125 Å². The number of para-hydroxylation sites is 2. The zero-order chi connectivity index (χ0) is 14.8. The molecule has 0 amide bonds. The molecule has 3 rings (SSSR count). The second-order valence-corrected chi connectivity index (χ2v) is 5.01. The maximum absolute atomic E-state index is 6.15. The lowest BCUT2D eigenvalue weighted by Gasteiger charge is -2.16. The van der Waals surface area contributed by atoms with Crippen LogP contribution in [0.3, 0.4) is 0 Å². The average molecular weight is 273 g/mol. The van der Waals surface area contributed by atoms with Gasteiger partial charge in [0.15, 0.2) is 0 Å². The summed E-state index contributed by atoms with van der Waals surface area (Å²) < 4.78 is 0. The highest BCUT2D eigenvalue weighted by molar-refractivity contribution is 5.93. The van der Waals surface area contributed by atoms with E-state index in [0.29, 0.717) is 0 Å². The average Bonchev–Trinajstić information content (AvgIpc) is 2.49.